The molecule has 36 heavy (non-hydrogen) atoms. The van der Waals surface area contributed by atoms with Gasteiger partial charge in [0.25, 0.3) is 5.91 Å². The number of aliphatic carboxylic acids is 1. The Labute approximate surface area is 202 Å². The highest BCUT2D eigenvalue weighted by Crippen LogP contribution is 2.26. The second kappa shape index (κ2) is 10.4. The lowest BCUT2D eigenvalue weighted by Gasteiger charge is -2.20. The average Bonchev–Trinajstić information content (AvgIpc) is 3.38. The lowest BCUT2D eigenvalue weighted by Crippen LogP contribution is -2.40. The first-order valence-corrected chi connectivity index (χ1v) is 10.1. The van der Waals surface area contributed by atoms with E-state index in [1.807, 2.05) is 0 Å². The predicted octanol–water partition coefficient (Wildman–Crippen LogP) is 0.745. The maximum Gasteiger partial charge on any atom is 0.427 e. The Balaban J connectivity index is 2.03. The molecule has 3 rings (SSSR count). The standard InChI is InChI=1S/C19H15ClF3N7O6/c20-10-3-1-9(2-4-10)17-28-30(8-12-25-16(15(24)34)27-26-12)18(35)29(17)7-11(19(21,22)23)36-14(33)6-5-13(31)32/h1-6,11H,7-8H2,(H2,24,34)(H,31,32)(H,25,26,27)/b6-5+/t11-/m0/s1. The molecule has 0 aliphatic heterocycles. The Hall–Kier alpha value is -4.47. The van der Waals surface area contributed by atoms with E-state index < -0.39 is 48.9 Å². The summed E-state index contributed by atoms with van der Waals surface area (Å²) in [5.74, 6) is -4.79. The number of rotatable bonds is 9. The van der Waals surface area contributed by atoms with Crippen LogP contribution >= 0.6 is 11.6 Å². The second-order valence-electron chi connectivity index (χ2n) is 6.99. The number of carbonyl (C=O) groups excluding carboxylic acids is 2. The van der Waals surface area contributed by atoms with Gasteiger partial charge in [-0.2, -0.15) is 13.2 Å². The lowest BCUT2D eigenvalue weighted by molar-refractivity contribution is -0.221. The van der Waals surface area contributed by atoms with E-state index in [0.717, 1.165) is 4.68 Å². The van der Waals surface area contributed by atoms with E-state index in [-0.39, 0.29) is 23.0 Å². The summed E-state index contributed by atoms with van der Waals surface area (Å²) >= 11 is 5.86. The number of carbonyl (C=O) groups is 3. The summed E-state index contributed by atoms with van der Waals surface area (Å²) in [6.07, 6.45) is -7.37. The zero-order valence-electron chi connectivity index (χ0n) is 17.8. The van der Waals surface area contributed by atoms with Crippen molar-refractivity contribution in [2.24, 2.45) is 5.73 Å². The van der Waals surface area contributed by atoms with Crippen LogP contribution in [0.25, 0.3) is 11.4 Å². The number of ether oxygens (including phenoxy) is 1. The van der Waals surface area contributed by atoms with Gasteiger partial charge in [-0.25, -0.2) is 24.0 Å². The number of nitrogens with two attached hydrogens (primary N) is 1. The number of primary amides is 1. The van der Waals surface area contributed by atoms with Gasteiger partial charge in [-0.15, -0.1) is 10.2 Å². The molecular weight excluding hydrogens is 515 g/mol. The Kier molecular flexibility index (Phi) is 7.57. The van der Waals surface area contributed by atoms with Crippen LogP contribution in [-0.2, 0) is 27.4 Å². The number of hydrogen-bond acceptors (Lipinski definition) is 8. The first-order chi connectivity index (χ1) is 16.8. The number of carboxylic acid groups (broad SMARTS) is 1. The molecule has 0 spiro atoms. The number of aromatic amines is 1. The van der Waals surface area contributed by atoms with Gasteiger partial charge in [0.05, 0.1) is 6.54 Å². The molecule has 0 bridgehead atoms. The minimum atomic E-state index is -5.13. The van der Waals surface area contributed by atoms with Crippen LogP contribution in [0.15, 0.2) is 41.2 Å². The van der Waals surface area contributed by atoms with Gasteiger partial charge in [0.2, 0.25) is 11.9 Å². The van der Waals surface area contributed by atoms with Crippen LogP contribution in [0.4, 0.5) is 13.2 Å². The first kappa shape index (κ1) is 26.1. The van der Waals surface area contributed by atoms with Crippen LogP contribution in [0.3, 0.4) is 0 Å². The number of aromatic nitrogens is 6. The highest BCUT2D eigenvalue weighted by Gasteiger charge is 2.44. The number of esters is 1. The Morgan fingerprint density at radius 1 is 1.22 bits per heavy atom. The third kappa shape index (κ3) is 6.35. The number of nitrogens with one attached hydrogen (secondary N) is 1. The van der Waals surface area contributed by atoms with Crippen molar-refractivity contribution in [1.82, 2.24) is 29.5 Å². The molecule has 1 aromatic carbocycles. The largest absolute Gasteiger partial charge is 0.478 e. The van der Waals surface area contributed by atoms with Crippen molar-refractivity contribution in [3.63, 3.8) is 0 Å². The zero-order chi connectivity index (χ0) is 26.6. The number of hydrogen-bond donors (Lipinski definition) is 3. The molecule has 0 aliphatic rings. The molecule has 2 heterocycles. The van der Waals surface area contributed by atoms with Gasteiger partial charge < -0.3 is 15.6 Å². The molecule has 0 radical (unpaired) electrons. The van der Waals surface area contributed by atoms with E-state index in [1.54, 1.807) is 0 Å². The Morgan fingerprint density at radius 3 is 2.44 bits per heavy atom. The maximum absolute atomic E-state index is 13.7. The molecule has 17 heteroatoms. The SMILES string of the molecule is NC(=O)c1n[nH]c(Cn2nc(-c3ccc(Cl)cc3)n(C[C@H](OC(=O)/C=C/C(=O)O)C(F)(F)F)c2=O)n1. The van der Waals surface area contributed by atoms with Gasteiger partial charge in [-0.3, -0.25) is 14.5 Å². The molecule has 0 unspecified atom stereocenters. The molecule has 4 N–H and O–H groups in total. The average molecular weight is 530 g/mol. The Bertz CT molecular complexity index is 1380. The molecule has 2 aromatic heterocycles. The van der Waals surface area contributed by atoms with Crippen LogP contribution in [0.2, 0.25) is 5.02 Å². The topological polar surface area (TPSA) is 188 Å². The number of halogens is 4. The van der Waals surface area contributed by atoms with Gasteiger partial charge in [-0.05, 0) is 24.3 Å². The highest BCUT2D eigenvalue weighted by molar-refractivity contribution is 6.30. The zero-order valence-corrected chi connectivity index (χ0v) is 18.5. The van der Waals surface area contributed by atoms with Crippen molar-refractivity contribution in [1.29, 1.82) is 0 Å². The van der Waals surface area contributed by atoms with Crippen molar-refractivity contribution in [2.45, 2.75) is 25.4 Å². The quantitative estimate of drug-likeness (QED) is 0.265. The van der Waals surface area contributed by atoms with Gasteiger partial charge in [0.15, 0.2) is 5.82 Å². The molecule has 3 aromatic rings. The summed E-state index contributed by atoms with van der Waals surface area (Å²) in [6, 6.07) is 5.63. The van der Waals surface area contributed by atoms with Crippen molar-refractivity contribution >= 4 is 29.4 Å². The molecule has 0 saturated heterocycles. The van der Waals surface area contributed by atoms with Crippen LogP contribution in [0.1, 0.15) is 16.4 Å². The summed E-state index contributed by atoms with van der Waals surface area (Å²) in [4.78, 5) is 50.2. The number of carboxylic acids is 1. The monoisotopic (exact) mass is 529 g/mol. The van der Waals surface area contributed by atoms with Crippen LogP contribution in [0, 0.1) is 0 Å². The molecule has 1 amide bonds. The second-order valence-corrected chi connectivity index (χ2v) is 7.43. The van der Waals surface area contributed by atoms with Gasteiger partial charge in [0, 0.05) is 22.7 Å². The summed E-state index contributed by atoms with van der Waals surface area (Å²) in [5, 5.41) is 18.8. The summed E-state index contributed by atoms with van der Waals surface area (Å²) in [7, 11) is 0. The van der Waals surface area contributed by atoms with Gasteiger partial charge in [-0.1, -0.05) is 11.6 Å². The molecule has 1 atom stereocenters. The van der Waals surface area contributed by atoms with Crippen molar-refractivity contribution < 1.29 is 37.4 Å². The fourth-order valence-corrected chi connectivity index (χ4v) is 2.96. The Morgan fingerprint density at radius 2 is 1.89 bits per heavy atom. The van der Waals surface area contributed by atoms with E-state index in [2.05, 4.69) is 25.0 Å². The fourth-order valence-electron chi connectivity index (χ4n) is 2.83. The smallest absolute Gasteiger partial charge is 0.427 e. The van der Waals surface area contributed by atoms with Crippen molar-refractivity contribution in [2.75, 3.05) is 0 Å². The number of H-pyrrole nitrogens is 1. The lowest BCUT2D eigenvalue weighted by atomic mass is 10.2. The summed E-state index contributed by atoms with van der Waals surface area (Å²) < 4.78 is 46.7. The number of nitrogens with zero attached hydrogens (tertiary/aromatic N) is 5. The van der Waals surface area contributed by atoms with Crippen LogP contribution in [0.5, 0.6) is 0 Å². The fraction of sp³-hybridized carbons (Fsp3) is 0.211. The highest BCUT2D eigenvalue weighted by atomic mass is 35.5. The molecule has 13 nitrogen and oxygen atoms in total. The molecular formula is C19H15ClF3N7O6. The predicted molar refractivity (Wildman–Crippen MR) is 114 cm³/mol. The maximum atomic E-state index is 13.7. The van der Waals surface area contributed by atoms with Crippen LogP contribution in [-0.4, -0.2) is 64.8 Å². The van der Waals surface area contributed by atoms with Crippen molar-refractivity contribution in [3.8, 4) is 11.4 Å². The number of alkyl halides is 3. The first-order valence-electron chi connectivity index (χ1n) is 9.68. The van der Waals surface area contributed by atoms with E-state index in [0.29, 0.717) is 21.7 Å². The van der Waals surface area contributed by atoms with E-state index >= 15 is 0 Å². The summed E-state index contributed by atoms with van der Waals surface area (Å²) in [5.41, 5.74) is 4.22. The third-order valence-corrected chi connectivity index (χ3v) is 4.66. The van der Waals surface area contributed by atoms with E-state index in [4.69, 9.17) is 22.4 Å². The molecule has 0 fully saturated rings. The molecule has 0 saturated carbocycles. The molecule has 190 valence electrons. The third-order valence-electron chi connectivity index (χ3n) is 4.41. The molecule has 0 aliphatic carbocycles. The van der Waals surface area contributed by atoms with E-state index in [1.165, 1.54) is 24.3 Å². The number of benzene rings is 1. The number of amides is 1. The minimum absolute atomic E-state index is 0.0455. The minimum Gasteiger partial charge on any atom is -0.478 e. The van der Waals surface area contributed by atoms with Gasteiger partial charge >= 0.3 is 23.8 Å². The van der Waals surface area contributed by atoms with Gasteiger partial charge in [0.1, 0.15) is 12.4 Å². The van der Waals surface area contributed by atoms with E-state index in [9.17, 15) is 32.3 Å². The van der Waals surface area contributed by atoms with Crippen molar-refractivity contribution in [3.05, 3.63) is 63.6 Å². The van der Waals surface area contributed by atoms with Crippen LogP contribution < -0.4 is 11.4 Å². The normalized spacial score (nSPS) is 12.6. The summed E-state index contributed by atoms with van der Waals surface area (Å²) in [6.45, 7) is -1.64.